The van der Waals surface area contributed by atoms with Crippen LogP contribution in [0.2, 0.25) is 0 Å². The Kier molecular flexibility index (Phi) is 6.81. The summed E-state index contributed by atoms with van der Waals surface area (Å²) in [6.07, 6.45) is -3.71. The third-order valence-electron chi connectivity index (χ3n) is 5.52. The predicted molar refractivity (Wildman–Crippen MR) is 117 cm³/mol. The number of benzene rings is 1. The van der Waals surface area contributed by atoms with Gasteiger partial charge in [-0.1, -0.05) is 6.07 Å². The number of rotatable bonds is 8. The first kappa shape index (κ1) is 24.3. The van der Waals surface area contributed by atoms with Crippen molar-refractivity contribution >= 4 is 23.4 Å². The van der Waals surface area contributed by atoms with Gasteiger partial charge in [0.05, 0.1) is 6.20 Å². The van der Waals surface area contributed by atoms with Crippen LogP contribution in [-0.4, -0.2) is 66.1 Å². The van der Waals surface area contributed by atoms with Crippen molar-refractivity contribution in [1.82, 2.24) is 15.2 Å². The van der Waals surface area contributed by atoms with E-state index in [-0.39, 0.29) is 35.9 Å². The summed E-state index contributed by atoms with van der Waals surface area (Å²) in [7, 11) is 0. The molecule has 1 atom stereocenters. The van der Waals surface area contributed by atoms with Crippen LogP contribution in [0.25, 0.3) is 0 Å². The largest absolute Gasteiger partial charge is 0.479 e. The minimum absolute atomic E-state index is 0.0384. The molecule has 1 aromatic carbocycles. The van der Waals surface area contributed by atoms with Crippen LogP contribution in [0.4, 0.5) is 18.9 Å². The number of alkyl halides is 3. The number of carbonyl (C=O) groups excluding carboxylic acids is 3. The fourth-order valence-electron chi connectivity index (χ4n) is 3.93. The highest BCUT2D eigenvalue weighted by molar-refractivity contribution is 6.03. The molecule has 2 aliphatic rings. The molecule has 12 heteroatoms. The second-order valence-electron chi connectivity index (χ2n) is 8.08. The van der Waals surface area contributed by atoms with E-state index in [0.29, 0.717) is 37.3 Å². The number of aromatic nitrogens is 1. The molecule has 1 saturated heterocycles. The Morgan fingerprint density at radius 1 is 1.23 bits per heavy atom. The number of hydrogen-bond donors (Lipinski definition) is 1. The Morgan fingerprint density at radius 2 is 2.03 bits per heavy atom. The number of likely N-dealkylation sites (N-methyl/N-ethyl adjacent to an activating group) is 1. The van der Waals surface area contributed by atoms with Crippen LogP contribution in [0.1, 0.15) is 29.3 Å². The van der Waals surface area contributed by atoms with Crippen molar-refractivity contribution in [2.24, 2.45) is 0 Å². The molecule has 35 heavy (non-hydrogen) atoms. The Bertz CT molecular complexity index is 1120. The molecule has 0 aliphatic carbocycles. The van der Waals surface area contributed by atoms with Crippen LogP contribution in [0.15, 0.2) is 36.5 Å². The molecule has 186 valence electrons. The van der Waals surface area contributed by atoms with Crippen molar-refractivity contribution in [3.05, 3.63) is 47.7 Å². The third kappa shape index (κ3) is 5.64. The summed E-state index contributed by atoms with van der Waals surface area (Å²) in [5.74, 6) is -0.816. The van der Waals surface area contributed by atoms with E-state index in [4.69, 9.17) is 4.74 Å². The van der Waals surface area contributed by atoms with Crippen molar-refractivity contribution in [3.8, 4) is 11.6 Å². The first-order chi connectivity index (χ1) is 16.6. The highest BCUT2D eigenvalue weighted by Gasteiger charge is 2.36. The van der Waals surface area contributed by atoms with Crippen molar-refractivity contribution in [2.75, 3.05) is 31.1 Å². The van der Waals surface area contributed by atoms with Crippen LogP contribution >= 0.6 is 0 Å². The maximum atomic E-state index is 12.9. The quantitative estimate of drug-likeness (QED) is 0.607. The number of ether oxygens (including phenoxy) is 2. The zero-order chi connectivity index (χ0) is 25.2. The van der Waals surface area contributed by atoms with Gasteiger partial charge in [-0.25, -0.2) is 4.98 Å². The van der Waals surface area contributed by atoms with Gasteiger partial charge in [0.1, 0.15) is 12.3 Å². The maximum absolute atomic E-state index is 12.9. The van der Waals surface area contributed by atoms with Crippen LogP contribution < -0.4 is 19.7 Å². The number of hydrogen-bond acceptors (Lipinski definition) is 6. The van der Waals surface area contributed by atoms with E-state index in [1.54, 1.807) is 25.1 Å². The first-order valence-electron chi connectivity index (χ1n) is 11.0. The molecule has 1 aromatic heterocycles. The van der Waals surface area contributed by atoms with Gasteiger partial charge in [0, 0.05) is 43.4 Å². The molecular formula is C23H23F3N4O5. The van der Waals surface area contributed by atoms with Gasteiger partial charge in [0.15, 0.2) is 12.7 Å². The number of anilines is 1. The lowest BCUT2D eigenvalue weighted by Gasteiger charge is -2.18. The monoisotopic (exact) mass is 492 g/mol. The highest BCUT2D eigenvalue weighted by atomic mass is 19.4. The van der Waals surface area contributed by atoms with E-state index in [2.05, 4.69) is 15.0 Å². The van der Waals surface area contributed by atoms with E-state index in [0.717, 1.165) is 5.56 Å². The molecule has 0 radical (unpaired) electrons. The van der Waals surface area contributed by atoms with E-state index in [1.807, 2.05) is 0 Å². The molecule has 0 bridgehead atoms. The van der Waals surface area contributed by atoms with Gasteiger partial charge in [-0.05, 0) is 30.7 Å². The fourth-order valence-corrected chi connectivity index (χ4v) is 3.93. The van der Waals surface area contributed by atoms with Gasteiger partial charge >= 0.3 is 6.18 Å². The molecule has 0 saturated carbocycles. The van der Waals surface area contributed by atoms with Crippen LogP contribution in [0, 0.1) is 0 Å². The molecule has 2 aromatic rings. The lowest BCUT2D eigenvalue weighted by atomic mass is 10.1. The summed E-state index contributed by atoms with van der Waals surface area (Å²) in [6, 6.07) is 7.77. The molecular weight excluding hydrogens is 469 g/mol. The van der Waals surface area contributed by atoms with Crippen LogP contribution in [0.5, 0.6) is 11.6 Å². The normalized spacial score (nSPS) is 17.5. The number of nitrogens with one attached hydrogen (secondary N) is 1. The van der Waals surface area contributed by atoms with Gasteiger partial charge in [-0.2, -0.15) is 13.2 Å². The third-order valence-corrected chi connectivity index (χ3v) is 5.52. The topological polar surface area (TPSA) is 101 Å². The maximum Gasteiger partial charge on any atom is 0.422 e. The molecule has 4 rings (SSSR count). The summed E-state index contributed by atoms with van der Waals surface area (Å²) in [4.78, 5) is 44.3. The van der Waals surface area contributed by atoms with Crippen molar-refractivity contribution in [2.45, 2.75) is 32.2 Å². The van der Waals surface area contributed by atoms with Crippen LogP contribution in [0.3, 0.4) is 0 Å². The lowest BCUT2D eigenvalue weighted by molar-refractivity contribution is -0.154. The Labute approximate surface area is 198 Å². The molecule has 3 heterocycles. The summed E-state index contributed by atoms with van der Waals surface area (Å²) >= 11 is 0. The van der Waals surface area contributed by atoms with Gasteiger partial charge in [0.2, 0.25) is 11.8 Å². The zero-order valence-electron chi connectivity index (χ0n) is 18.8. The number of nitrogens with zero attached hydrogens (tertiary/aromatic N) is 3. The number of carbonyl (C=O) groups is 3. The molecule has 1 N–H and O–H groups in total. The second kappa shape index (κ2) is 9.80. The molecule has 0 unspecified atom stereocenters. The zero-order valence-corrected chi connectivity index (χ0v) is 18.8. The first-order valence-corrected chi connectivity index (χ1v) is 11.0. The number of amides is 3. The molecule has 9 nitrogen and oxygen atoms in total. The molecule has 1 fully saturated rings. The second-order valence-corrected chi connectivity index (χ2v) is 8.08. The SMILES string of the molecule is CCNC(=O)CN1Cc2ccc(N3CC[C@@H](Oc4ccc(OCC(F)(F)F)nc4)C3=O)cc2C1=O. The number of fused-ring (bicyclic) bond motifs is 1. The predicted octanol–water partition coefficient (Wildman–Crippen LogP) is 2.30. The number of pyridine rings is 1. The smallest absolute Gasteiger partial charge is 0.422 e. The molecule has 3 amide bonds. The average molecular weight is 492 g/mol. The van der Waals surface area contributed by atoms with E-state index in [9.17, 15) is 27.6 Å². The number of halogens is 3. The highest BCUT2D eigenvalue weighted by Crippen LogP contribution is 2.30. The minimum atomic E-state index is -4.47. The van der Waals surface area contributed by atoms with Crippen LogP contribution in [-0.2, 0) is 16.1 Å². The average Bonchev–Trinajstić information content (AvgIpc) is 3.32. The standard InChI is InChI=1S/C23H23F3N4O5/c1-2-27-19(31)12-29-11-14-3-4-15(9-17(14)21(29)32)30-8-7-18(22(30)33)35-16-5-6-20(28-10-16)34-13-23(24,25)26/h3-6,9-10,18H,2,7-8,11-13H2,1H3,(H,27,31)/t18-/m1/s1. The van der Waals surface area contributed by atoms with Gasteiger partial charge in [-0.3, -0.25) is 14.4 Å². The van der Waals surface area contributed by atoms with Gasteiger partial charge in [-0.15, -0.1) is 0 Å². The van der Waals surface area contributed by atoms with Gasteiger partial charge in [0.25, 0.3) is 11.8 Å². The van der Waals surface area contributed by atoms with E-state index < -0.39 is 18.9 Å². The fraction of sp³-hybridized carbons (Fsp3) is 0.391. The van der Waals surface area contributed by atoms with Crippen molar-refractivity contribution in [3.63, 3.8) is 0 Å². The Morgan fingerprint density at radius 3 is 2.71 bits per heavy atom. The Hall–Kier alpha value is -3.83. The molecule has 2 aliphatic heterocycles. The van der Waals surface area contributed by atoms with Gasteiger partial charge < -0.3 is 24.6 Å². The minimum Gasteiger partial charge on any atom is -0.479 e. The van der Waals surface area contributed by atoms with Crippen molar-refractivity contribution in [1.29, 1.82) is 0 Å². The Balaban J connectivity index is 1.38. The van der Waals surface area contributed by atoms with Crippen molar-refractivity contribution < 1.29 is 37.0 Å². The molecule has 0 spiro atoms. The summed E-state index contributed by atoms with van der Waals surface area (Å²) < 4.78 is 47.0. The summed E-state index contributed by atoms with van der Waals surface area (Å²) in [5.41, 5.74) is 1.77. The summed E-state index contributed by atoms with van der Waals surface area (Å²) in [6.45, 7) is 1.46. The van der Waals surface area contributed by atoms with E-state index >= 15 is 0 Å². The lowest BCUT2D eigenvalue weighted by Crippen LogP contribution is -2.37. The van der Waals surface area contributed by atoms with E-state index in [1.165, 1.54) is 28.1 Å². The summed E-state index contributed by atoms with van der Waals surface area (Å²) in [5, 5.41) is 2.67.